The Labute approximate surface area is 126 Å². The lowest BCUT2D eigenvalue weighted by molar-refractivity contribution is -0.117. The molecular weight excluding hydrogens is 292 g/mol. The third-order valence-corrected chi connectivity index (χ3v) is 4.58. The van der Waals surface area contributed by atoms with Crippen molar-refractivity contribution in [2.24, 2.45) is 5.73 Å². The largest absolute Gasteiger partial charge is 0.370 e. The van der Waals surface area contributed by atoms with E-state index in [9.17, 15) is 4.79 Å². The second-order valence-electron chi connectivity index (χ2n) is 4.38. The fraction of sp³-hybridized carbons (Fsp3) is 0.308. The van der Waals surface area contributed by atoms with Crippen LogP contribution in [0.25, 0.3) is 0 Å². The first kappa shape index (κ1) is 14.8. The Hall–Kier alpha value is -1.60. The summed E-state index contributed by atoms with van der Waals surface area (Å²) in [6.07, 6.45) is 0.351. The van der Waals surface area contributed by atoms with Crippen molar-refractivity contribution in [2.75, 3.05) is 11.1 Å². The van der Waals surface area contributed by atoms with Crippen molar-refractivity contribution in [1.82, 2.24) is 10.2 Å². The zero-order valence-electron chi connectivity index (χ0n) is 11.3. The van der Waals surface area contributed by atoms with Gasteiger partial charge in [-0.2, -0.15) is 0 Å². The number of carbonyl (C=O) groups is 1. The lowest BCUT2D eigenvalue weighted by Crippen LogP contribution is -2.10. The highest BCUT2D eigenvalue weighted by Crippen LogP contribution is 2.29. The van der Waals surface area contributed by atoms with Crippen molar-refractivity contribution in [2.45, 2.75) is 24.6 Å². The van der Waals surface area contributed by atoms with E-state index >= 15 is 0 Å². The van der Waals surface area contributed by atoms with Crippen LogP contribution >= 0.6 is 23.1 Å². The number of nitrogens with zero attached hydrogens (tertiary/aromatic N) is 2. The molecule has 2 aromatic rings. The fourth-order valence-corrected chi connectivity index (χ4v) is 3.42. The van der Waals surface area contributed by atoms with Crippen LogP contribution in [0.15, 0.2) is 22.5 Å². The van der Waals surface area contributed by atoms with Crippen molar-refractivity contribution in [1.29, 1.82) is 0 Å². The van der Waals surface area contributed by atoms with Crippen LogP contribution in [-0.4, -0.2) is 21.9 Å². The molecule has 1 aromatic heterocycles. The van der Waals surface area contributed by atoms with E-state index in [1.54, 1.807) is 0 Å². The molecule has 1 amide bonds. The van der Waals surface area contributed by atoms with E-state index in [0.717, 1.165) is 15.2 Å². The number of aromatic nitrogens is 2. The van der Waals surface area contributed by atoms with Gasteiger partial charge in [-0.15, -0.1) is 10.2 Å². The number of nitrogens with two attached hydrogens (primary N) is 1. The quantitative estimate of drug-likeness (QED) is 0.802. The minimum Gasteiger partial charge on any atom is -0.370 e. The predicted molar refractivity (Wildman–Crippen MR) is 83.6 cm³/mol. The van der Waals surface area contributed by atoms with Crippen LogP contribution in [0.5, 0.6) is 0 Å². The Morgan fingerprint density at radius 2 is 2.20 bits per heavy atom. The average molecular weight is 308 g/mol. The Kier molecular flexibility index (Phi) is 4.97. The zero-order chi connectivity index (χ0) is 14.5. The Bertz CT molecular complexity index is 612. The number of rotatable bonds is 6. The van der Waals surface area contributed by atoms with E-state index in [4.69, 9.17) is 5.73 Å². The molecule has 2 rings (SSSR count). The number of carbonyl (C=O) groups excluding carboxylic acids is 1. The van der Waals surface area contributed by atoms with Gasteiger partial charge in [-0.05, 0) is 25.5 Å². The number of anilines is 2. The van der Waals surface area contributed by atoms with E-state index in [-0.39, 0.29) is 5.91 Å². The third-order valence-electron chi connectivity index (χ3n) is 2.60. The van der Waals surface area contributed by atoms with Crippen molar-refractivity contribution in [3.63, 3.8) is 0 Å². The molecule has 20 heavy (non-hydrogen) atoms. The van der Waals surface area contributed by atoms with E-state index in [2.05, 4.69) is 41.5 Å². The van der Waals surface area contributed by atoms with Crippen LogP contribution in [0, 0.1) is 13.8 Å². The number of benzene rings is 1. The number of thioether (sulfide) groups is 1. The van der Waals surface area contributed by atoms with Gasteiger partial charge in [0.15, 0.2) is 4.34 Å². The van der Waals surface area contributed by atoms with Gasteiger partial charge in [0.05, 0.1) is 0 Å². The van der Waals surface area contributed by atoms with Crippen LogP contribution < -0.4 is 11.1 Å². The van der Waals surface area contributed by atoms with E-state index in [1.165, 1.54) is 34.2 Å². The van der Waals surface area contributed by atoms with Crippen LogP contribution in [0.4, 0.5) is 10.8 Å². The number of nitrogens with one attached hydrogen (secondary N) is 1. The van der Waals surface area contributed by atoms with Crippen LogP contribution in [0.2, 0.25) is 0 Å². The topological polar surface area (TPSA) is 80.9 Å². The zero-order valence-corrected chi connectivity index (χ0v) is 13.0. The molecule has 5 nitrogen and oxygen atoms in total. The summed E-state index contributed by atoms with van der Waals surface area (Å²) < 4.78 is 0.832. The molecule has 0 radical (unpaired) electrons. The van der Waals surface area contributed by atoms with Crippen molar-refractivity contribution in [3.05, 3.63) is 29.3 Å². The summed E-state index contributed by atoms with van der Waals surface area (Å²) in [5, 5.41) is 12.2. The Morgan fingerprint density at radius 3 is 2.90 bits per heavy atom. The normalized spacial score (nSPS) is 10.5. The Morgan fingerprint density at radius 1 is 1.40 bits per heavy atom. The molecule has 0 atom stereocenters. The van der Waals surface area contributed by atoms with Gasteiger partial charge in [0.25, 0.3) is 0 Å². The van der Waals surface area contributed by atoms with Gasteiger partial charge in [0.1, 0.15) is 0 Å². The Balaban J connectivity index is 1.97. The molecule has 7 heteroatoms. The van der Waals surface area contributed by atoms with E-state index < -0.39 is 0 Å². The maximum Gasteiger partial charge on any atom is 0.218 e. The second kappa shape index (κ2) is 6.71. The summed E-state index contributed by atoms with van der Waals surface area (Å²) in [7, 11) is 0. The molecule has 106 valence electrons. The molecule has 0 saturated heterocycles. The van der Waals surface area contributed by atoms with Crippen LogP contribution in [0.3, 0.4) is 0 Å². The molecular formula is C13H16N4OS2. The van der Waals surface area contributed by atoms with Gasteiger partial charge in [0.2, 0.25) is 11.0 Å². The first-order valence-corrected chi connectivity index (χ1v) is 7.93. The van der Waals surface area contributed by atoms with Gasteiger partial charge in [0, 0.05) is 17.9 Å². The summed E-state index contributed by atoms with van der Waals surface area (Å²) in [5.74, 6) is 0.337. The molecule has 0 aliphatic rings. The van der Waals surface area contributed by atoms with Crippen LogP contribution in [-0.2, 0) is 4.79 Å². The second-order valence-corrected chi connectivity index (χ2v) is 6.70. The fourth-order valence-electron chi connectivity index (χ4n) is 1.63. The summed E-state index contributed by atoms with van der Waals surface area (Å²) in [6.45, 7) is 4.12. The predicted octanol–water partition coefficient (Wildman–Crippen LogP) is 2.87. The van der Waals surface area contributed by atoms with Crippen LogP contribution in [0.1, 0.15) is 17.5 Å². The molecule has 1 aromatic carbocycles. The van der Waals surface area contributed by atoms with Gasteiger partial charge in [-0.3, -0.25) is 4.79 Å². The smallest absolute Gasteiger partial charge is 0.218 e. The van der Waals surface area contributed by atoms with E-state index in [1.807, 2.05) is 6.07 Å². The highest BCUT2D eigenvalue weighted by atomic mass is 32.2. The number of primary amides is 1. The van der Waals surface area contributed by atoms with Crippen molar-refractivity contribution in [3.8, 4) is 0 Å². The molecule has 3 N–H and O–H groups in total. The minimum absolute atomic E-state index is 0.296. The highest BCUT2D eigenvalue weighted by molar-refractivity contribution is 8.01. The summed E-state index contributed by atoms with van der Waals surface area (Å²) >= 11 is 2.96. The minimum atomic E-state index is -0.296. The van der Waals surface area contributed by atoms with Gasteiger partial charge < -0.3 is 11.1 Å². The molecule has 0 bridgehead atoms. The molecule has 0 aliphatic carbocycles. The molecule has 0 unspecified atom stereocenters. The van der Waals surface area contributed by atoms with Crippen molar-refractivity contribution >= 4 is 39.8 Å². The van der Waals surface area contributed by atoms with Crippen molar-refractivity contribution < 1.29 is 4.79 Å². The lowest BCUT2D eigenvalue weighted by atomic mass is 10.1. The summed E-state index contributed by atoms with van der Waals surface area (Å²) in [6, 6.07) is 6.21. The average Bonchev–Trinajstić information content (AvgIpc) is 2.80. The van der Waals surface area contributed by atoms with Gasteiger partial charge in [-0.25, -0.2) is 0 Å². The maximum absolute atomic E-state index is 10.7. The number of hydrogen-bond acceptors (Lipinski definition) is 6. The molecule has 0 aliphatic heterocycles. The summed E-state index contributed by atoms with van der Waals surface area (Å²) in [4.78, 5) is 10.7. The molecule has 0 saturated carbocycles. The first-order valence-electron chi connectivity index (χ1n) is 6.13. The maximum atomic E-state index is 10.7. The highest BCUT2D eigenvalue weighted by Gasteiger charge is 2.07. The first-order chi connectivity index (χ1) is 9.54. The molecule has 0 spiro atoms. The molecule has 0 fully saturated rings. The SMILES string of the molecule is Cc1ccc(Nc2nnc(SCCC(N)=O)s2)c(C)c1. The monoisotopic (exact) mass is 308 g/mol. The number of aryl methyl sites for hydroxylation is 2. The number of amides is 1. The standard InChI is InChI=1S/C13H16N4OS2/c1-8-3-4-10(9(2)7-8)15-12-16-17-13(20-12)19-6-5-11(14)18/h3-4,7H,5-6H2,1-2H3,(H2,14,18)(H,15,16). The van der Waals surface area contributed by atoms with E-state index in [0.29, 0.717) is 12.2 Å². The van der Waals surface area contributed by atoms with Gasteiger partial charge in [-0.1, -0.05) is 40.8 Å². The third kappa shape index (κ3) is 4.21. The van der Waals surface area contributed by atoms with Gasteiger partial charge >= 0.3 is 0 Å². The lowest BCUT2D eigenvalue weighted by Gasteiger charge is -2.06. The summed E-state index contributed by atoms with van der Waals surface area (Å²) in [5.41, 5.74) is 8.52. The number of hydrogen-bond donors (Lipinski definition) is 2. The molecule has 1 heterocycles.